The van der Waals surface area contributed by atoms with Gasteiger partial charge in [0.25, 0.3) is 0 Å². The highest BCUT2D eigenvalue weighted by molar-refractivity contribution is 5.68. The van der Waals surface area contributed by atoms with Crippen molar-refractivity contribution < 1.29 is 14.6 Å². The molecule has 0 aliphatic carbocycles. The predicted molar refractivity (Wildman–Crippen MR) is 56.0 cm³/mol. The zero-order valence-electron chi connectivity index (χ0n) is 9.29. The van der Waals surface area contributed by atoms with E-state index in [0.29, 0.717) is 6.42 Å². The summed E-state index contributed by atoms with van der Waals surface area (Å²) in [5, 5.41) is 9.49. The number of rotatable bonds is 8. The normalized spacial score (nSPS) is 12.5. The van der Waals surface area contributed by atoms with Crippen LogP contribution in [0.4, 0.5) is 0 Å². The van der Waals surface area contributed by atoms with Crippen molar-refractivity contribution in [2.45, 2.75) is 58.0 Å². The highest BCUT2D eigenvalue weighted by Gasteiger charge is 2.04. The topological polar surface area (TPSA) is 46.5 Å². The highest BCUT2D eigenvalue weighted by atomic mass is 16.5. The number of methoxy groups -OCH3 is 1. The molecule has 0 spiro atoms. The summed E-state index contributed by atoms with van der Waals surface area (Å²) in [6, 6.07) is 0. The molecule has 0 amide bonds. The average molecular weight is 202 g/mol. The van der Waals surface area contributed by atoms with Gasteiger partial charge in [-0.3, -0.25) is 4.79 Å². The number of aliphatic hydroxyl groups excluding tert-OH is 1. The Labute approximate surface area is 86.5 Å². The molecule has 0 fully saturated rings. The molecule has 0 saturated carbocycles. The molecule has 0 rings (SSSR count). The number of carbonyl (C=O) groups is 1. The number of aliphatic hydroxyl groups is 1. The molecule has 84 valence electrons. The van der Waals surface area contributed by atoms with Gasteiger partial charge in [0.1, 0.15) is 0 Å². The number of hydrogen-bond donors (Lipinski definition) is 1. The SMILES string of the molecule is CCCC[C@@H](O)CCCCC(=O)OC. The molecule has 1 N–H and O–H groups in total. The quantitative estimate of drug-likeness (QED) is 0.485. The predicted octanol–water partition coefficient (Wildman–Crippen LogP) is 2.27. The van der Waals surface area contributed by atoms with Crippen LogP contribution in [0.25, 0.3) is 0 Å². The summed E-state index contributed by atoms with van der Waals surface area (Å²) in [7, 11) is 1.40. The van der Waals surface area contributed by atoms with Gasteiger partial charge in [0, 0.05) is 6.42 Å². The molecule has 0 saturated heterocycles. The first-order valence-electron chi connectivity index (χ1n) is 5.45. The standard InChI is InChI=1S/C11H22O3/c1-3-4-7-10(12)8-5-6-9-11(13)14-2/h10,12H,3-9H2,1-2H3/t10-/m1/s1. The lowest BCUT2D eigenvalue weighted by atomic mass is 10.1. The number of ether oxygens (including phenoxy) is 1. The van der Waals surface area contributed by atoms with E-state index < -0.39 is 0 Å². The summed E-state index contributed by atoms with van der Waals surface area (Å²) in [6.45, 7) is 2.12. The van der Waals surface area contributed by atoms with E-state index in [0.717, 1.165) is 38.5 Å². The lowest BCUT2D eigenvalue weighted by Crippen LogP contribution is -2.06. The molecule has 0 aliphatic rings. The summed E-state index contributed by atoms with van der Waals surface area (Å²) >= 11 is 0. The van der Waals surface area contributed by atoms with Crippen molar-refractivity contribution in [2.75, 3.05) is 7.11 Å². The van der Waals surface area contributed by atoms with Crippen molar-refractivity contribution in [3.8, 4) is 0 Å². The minimum absolute atomic E-state index is 0.159. The third-order valence-electron chi connectivity index (χ3n) is 2.29. The number of hydrogen-bond acceptors (Lipinski definition) is 3. The first kappa shape index (κ1) is 13.4. The first-order valence-corrected chi connectivity index (χ1v) is 5.45. The summed E-state index contributed by atoms with van der Waals surface area (Å²) in [5.74, 6) is -0.159. The van der Waals surface area contributed by atoms with Gasteiger partial charge in [-0.1, -0.05) is 26.2 Å². The largest absolute Gasteiger partial charge is 0.469 e. The Kier molecular flexibility index (Phi) is 8.64. The van der Waals surface area contributed by atoms with Crippen LogP contribution in [0, 0.1) is 0 Å². The van der Waals surface area contributed by atoms with E-state index in [9.17, 15) is 9.90 Å². The lowest BCUT2D eigenvalue weighted by Gasteiger charge is -2.08. The maximum absolute atomic E-state index is 10.7. The minimum atomic E-state index is -0.187. The fourth-order valence-electron chi connectivity index (χ4n) is 1.34. The van der Waals surface area contributed by atoms with Crippen LogP contribution in [0.2, 0.25) is 0 Å². The molecule has 3 heteroatoms. The van der Waals surface area contributed by atoms with Crippen molar-refractivity contribution in [2.24, 2.45) is 0 Å². The van der Waals surface area contributed by atoms with Gasteiger partial charge >= 0.3 is 5.97 Å². The van der Waals surface area contributed by atoms with Gasteiger partial charge < -0.3 is 9.84 Å². The van der Waals surface area contributed by atoms with Crippen LogP contribution in [0.1, 0.15) is 51.9 Å². The van der Waals surface area contributed by atoms with Gasteiger partial charge in [0.05, 0.1) is 13.2 Å². The third kappa shape index (κ3) is 8.05. The molecular weight excluding hydrogens is 180 g/mol. The Hall–Kier alpha value is -0.570. The fourth-order valence-corrected chi connectivity index (χ4v) is 1.34. The molecule has 0 heterocycles. The molecule has 0 aromatic carbocycles. The minimum Gasteiger partial charge on any atom is -0.469 e. The number of esters is 1. The van der Waals surface area contributed by atoms with E-state index in [1.807, 2.05) is 0 Å². The van der Waals surface area contributed by atoms with Gasteiger partial charge in [0.2, 0.25) is 0 Å². The van der Waals surface area contributed by atoms with Crippen molar-refractivity contribution in [1.29, 1.82) is 0 Å². The molecule has 0 aromatic rings. The molecule has 3 nitrogen and oxygen atoms in total. The molecule has 0 unspecified atom stereocenters. The third-order valence-corrected chi connectivity index (χ3v) is 2.29. The van der Waals surface area contributed by atoms with Crippen molar-refractivity contribution in [3.05, 3.63) is 0 Å². The van der Waals surface area contributed by atoms with Crippen LogP contribution in [0.5, 0.6) is 0 Å². The first-order chi connectivity index (χ1) is 6.70. The number of carbonyl (C=O) groups excluding carboxylic acids is 1. The van der Waals surface area contributed by atoms with E-state index >= 15 is 0 Å². The molecule has 14 heavy (non-hydrogen) atoms. The monoisotopic (exact) mass is 202 g/mol. The van der Waals surface area contributed by atoms with Crippen LogP contribution >= 0.6 is 0 Å². The van der Waals surface area contributed by atoms with Crippen molar-refractivity contribution in [3.63, 3.8) is 0 Å². The Morgan fingerprint density at radius 3 is 2.50 bits per heavy atom. The van der Waals surface area contributed by atoms with Crippen molar-refractivity contribution in [1.82, 2.24) is 0 Å². The van der Waals surface area contributed by atoms with Gasteiger partial charge in [-0.2, -0.15) is 0 Å². The second-order valence-electron chi connectivity index (χ2n) is 3.62. The van der Waals surface area contributed by atoms with Crippen LogP contribution in [0.15, 0.2) is 0 Å². The molecule has 0 bridgehead atoms. The van der Waals surface area contributed by atoms with Gasteiger partial charge in [-0.15, -0.1) is 0 Å². The molecular formula is C11H22O3. The summed E-state index contributed by atoms with van der Waals surface area (Å²) in [4.78, 5) is 10.7. The van der Waals surface area contributed by atoms with E-state index in [-0.39, 0.29) is 12.1 Å². The Morgan fingerprint density at radius 1 is 1.29 bits per heavy atom. The second-order valence-corrected chi connectivity index (χ2v) is 3.62. The molecule has 0 aromatic heterocycles. The summed E-state index contributed by atoms with van der Waals surface area (Å²) in [5.41, 5.74) is 0. The van der Waals surface area contributed by atoms with E-state index in [4.69, 9.17) is 0 Å². The van der Waals surface area contributed by atoms with Crippen LogP contribution in [0.3, 0.4) is 0 Å². The zero-order valence-corrected chi connectivity index (χ0v) is 9.29. The van der Waals surface area contributed by atoms with Gasteiger partial charge in [0.15, 0.2) is 0 Å². The van der Waals surface area contributed by atoms with Crippen LogP contribution < -0.4 is 0 Å². The zero-order chi connectivity index (χ0) is 10.8. The summed E-state index contributed by atoms with van der Waals surface area (Å²) < 4.78 is 4.52. The maximum atomic E-state index is 10.7. The highest BCUT2D eigenvalue weighted by Crippen LogP contribution is 2.09. The Balaban J connectivity index is 3.22. The lowest BCUT2D eigenvalue weighted by molar-refractivity contribution is -0.140. The molecule has 1 atom stereocenters. The smallest absolute Gasteiger partial charge is 0.305 e. The van der Waals surface area contributed by atoms with E-state index in [1.165, 1.54) is 7.11 Å². The number of unbranched alkanes of at least 4 members (excludes halogenated alkanes) is 2. The fraction of sp³-hybridized carbons (Fsp3) is 0.909. The second kappa shape index (κ2) is 9.00. The Morgan fingerprint density at radius 2 is 1.93 bits per heavy atom. The maximum Gasteiger partial charge on any atom is 0.305 e. The van der Waals surface area contributed by atoms with Crippen molar-refractivity contribution >= 4 is 5.97 Å². The van der Waals surface area contributed by atoms with Gasteiger partial charge in [-0.25, -0.2) is 0 Å². The van der Waals surface area contributed by atoms with E-state index in [1.54, 1.807) is 0 Å². The average Bonchev–Trinajstić information content (AvgIpc) is 2.21. The molecule has 0 aliphatic heterocycles. The van der Waals surface area contributed by atoms with Gasteiger partial charge in [-0.05, 0) is 19.3 Å². The van der Waals surface area contributed by atoms with Crippen LogP contribution in [-0.2, 0) is 9.53 Å². The molecule has 0 radical (unpaired) electrons. The Bertz CT molecular complexity index is 145. The van der Waals surface area contributed by atoms with E-state index in [2.05, 4.69) is 11.7 Å². The summed E-state index contributed by atoms with van der Waals surface area (Å²) in [6.07, 6.45) is 5.89. The van der Waals surface area contributed by atoms with Crippen LogP contribution in [-0.4, -0.2) is 24.3 Å².